The Morgan fingerprint density at radius 2 is 1.50 bits per heavy atom. The summed E-state index contributed by atoms with van der Waals surface area (Å²) in [5, 5.41) is 3.30. The lowest BCUT2D eigenvalue weighted by molar-refractivity contribution is -0.132. The molecule has 2 atom stereocenters. The van der Waals surface area contributed by atoms with Gasteiger partial charge in [-0.3, -0.25) is 4.79 Å². The van der Waals surface area contributed by atoms with Gasteiger partial charge in [0.05, 0.1) is 6.04 Å². The predicted octanol–water partition coefficient (Wildman–Crippen LogP) is 4.86. The van der Waals surface area contributed by atoms with Crippen molar-refractivity contribution in [2.45, 2.75) is 97.4 Å². The Labute approximate surface area is 126 Å². The van der Waals surface area contributed by atoms with E-state index in [2.05, 4.69) is 26.1 Å². The average Bonchev–Trinajstić information content (AvgIpc) is 2.37. The molecule has 2 heteroatoms. The number of nitrogens with one attached hydrogen (secondary N) is 1. The second kappa shape index (κ2) is 9.55. The highest BCUT2D eigenvalue weighted by Crippen LogP contribution is 2.34. The van der Waals surface area contributed by atoms with Crippen LogP contribution in [0.1, 0.15) is 91.4 Å². The van der Waals surface area contributed by atoms with Crippen LogP contribution < -0.4 is 5.32 Å². The topological polar surface area (TPSA) is 29.1 Å². The predicted molar refractivity (Wildman–Crippen MR) is 87.0 cm³/mol. The van der Waals surface area contributed by atoms with Crippen molar-refractivity contribution in [3.8, 4) is 0 Å². The van der Waals surface area contributed by atoms with Crippen LogP contribution in [0.5, 0.6) is 0 Å². The number of Topliss-reactive ketones (excluding diaryl/α,β-unsaturated/α-hetero) is 1. The Bertz CT molecular complexity index is 273. The fourth-order valence-electron chi connectivity index (χ4n) is 3.19. The minimum absolute atomic E-state index is 0.0700. The van der Waals surface area contributed by atoms with E-state index in [-0.39, 0.29) is 11.5 Å². The zero-order valence-electron chi connectivity index (χ0n) is 14.0. The Hall–Kier alpha value is -0.370. The molecule has 0 amide bonds. The molecule has 1 rings (SSSR count). The van der Waals surface area contributed by atoms with E-state index in [0.717, 1.165) is 25.8 Å². The first-order valence-electron chi connectivity index (χ1n) is 8.91. The zero-order chi connectivity index (χ0) is 14.8. The molecule has 1 saturated heterocycles. The highest BCUT2D eigenvalue weighted by Gasteiger charge is 2.38. The van der Waals surface area contributed by atoms with Gasteiger partial charge in [0, 0.05) is 5.41 Å². The standard InChI is InChI=1S/C18H35NO/c1-4-6-8-9-11-14-18(3,13-10-7-5-2)17(20)16-12-15-19-16/h16,19H,4-15H2,1-3H3/t16-,18?/m1/s1. The largest absolute Gasteiger partial charge is 0.307 e. The minimum Gasteiger partial charge on any atom is -0.307 e. The van der Waals surface area contributed by atoms with E-state index < -0.39 is 0 Å². The summed E-state index contributed by atoms with van der Waals surface area (Å²) < 4.78 is 0. The van der Waals surface area contributed by atoms with Crippen molar-refractivity contribution in [1.82, 2.24) is 5.32 Å². The van der Waals surface area contributed by atoms with Crippen molar-refractivity contribution in [2.75, 3.05) is 6.54 Å². The quantitative estimate of drug-likeness (QED) is 0.517. The van der Waals surface area contributed by atoms with Gasteiger partial charge in [-0.1, -0.05) is 72.1 Å². The van der Waals surface area contributed by atoms with Crippen LogP contribution >= 0.6 is 0 Å². The summed E-state index contributed by atoms with van der Waals surface area (Å²) in [5.41, 5.74) is -0.0700. The van der Waals surface area contributed by atoms with E-state index in [1.807, 2.05) is 0 Å². The summed E-state index contributed by atoms with van der Waals surface area (Å²) in [6.45, 7) is 7.74. The third-order valence-corrected chi connectivity index (χ3v) is 4.90. The Morgan fingerprint density at radius 3 is 2.00 bits per heavy atom. The van der Waals surface area contributed by atoms with E-state index in [0.29, 0.717) is 5.78 Å². The van der Waals surface area contributed by atoms with Crippen LogP contribution in [-0.4, -0.2) is 18.4 Å². The number of unbranched alkanes of at least 4 members (excludes halogenated alkanes) is 6. The Balaban J connectivity index is 2.42. The van der Waals surface area contributed by atoms with Gasteiger partial charge in [-0.05, 0) is 25.8 Å². The normalized spacial score (nSPS) is 21.2. The number of hydrogen-bond acceptors (Lipinski definition) is 2. The second-order valence-electron chi connectivity index (χ2n) is 6.84. The third kappa shape index (κ3) is 5.55. The molecular formula is C18H35NO. The van der Waals surface area contributed by atoms with Crippen LogP contribution in [0, 0.1) is 5.41 Å². The van der Waals surface area contributed by atoms with Gasteiger partial charge in [0.2, 0.25) is 0 Å². The van der Waals surface area contributed by atoms with Crippen molar-refractivity contribution < 1.29 is 4.79 Å². The first-order chi connectivity index (χ1) is 9.64. The lowest BCUT2D eigenvalue weighted by Gasteiger charge is -2.36. The van der Waals surface area contributed by atoms with Gasteiger partial charge in [-0.25, -0.2) is 0 Å². The summed E-state index contributed by atoms with van der Waals surface area (Å²) in [4.78, 5) is 12.7. The van der Waals surface area contributed by atoms with E-state index >= 15 is 0 Å². The zero-order valence-corrected chi connectivity index (χ0v) is 14.0. The van der Waals surface area contributed by atoms with Crippen molar-refractivity contribution >= 4 is 5.78 Å². The molecule has 0 radical (unpaired) electrons. The molecule has 1 unspecified atom stereocenters. The summed E-state index contributed by atoms with van der Waals surface area (Å²) in [7, 11) is 0. The van der Waals surface area contributed by atoms with E-state index in [1.165, 1.54) is 51.4 Å². The molecule has 0 saturated carbocycles. The van der Waals surface area contributed by atoms with E-state index in [1.54, 1.807) is 0 Å². The first-order valence-corrected chi connectivity index (χ1v) is 8.91. The average molecular weight is 281 g/mol. The molecule has 1 aliphatic heterocycles. The monoisotopic (exact) mass is 281 g/mol. The molecular weight excluding hydrogens is 246 g/mol. The fraction of sp³-hybridized carbons (Fsp3) is 0.944. The summed E-state index contributed by atoms with van der Waals surface area (Å²) in [6.07, 6.45) is 13.4. The molecule has 0 aromatic heterocycles. The van der Waals surface area contributed by atoms with Crippen LogP contribution in [0.3, 0.4) is 0 Å². The third-order valence-electron chi connectivity index (χ3n) is 4.90. The van der Waals surface area contributed by atoms with Crippen LogP contribution in [0.25, 0.3) is 0 Å². The van der Waals surface area contributed by atoms with Gasteiger partial charge in [0.25, 0.3) is 0 Å². The first kappa shape index (κ1) is 17.7. The molecule has 118 valence electrons. The number of ketones is 1. The van der Waals surface area contributed by atoms with Crippen molar-refractivity contribution in [3.05, 3.63) is 0 Å². The second-order valence-corrected chi connectivity index (χ2v) is 6.84. The molecule has 2 nitrogen and oxygen atoms in total. The van der Waals surface area contributed by atoms with Crippen molar-refractivity contribution in [3.63, 3.8) is 0 Å². The summed E-state index contributed by atoms with van der Waals surface area (Å²) in [6, 6.07) is 0.164. The van der Waals surface area contributed by atoms with Gasteiger partial charge in [-0.15, -0.1) is 0 Å². The molecule has 0 aromatic rings. The van der Waals surface area contributed by atoms with Crippen molar-refractivity contribution in [1.29, 1.82) is 0 Å². The molecule has 1 heterocycles. The van der Waals surface area contributed by atoms with Crippen LogP contribution in [-0.2, 0) is 4.79 Å². The van der Waals surface area contributed by atoms with Gasteiger partial charge >= 0.3 is 0 Å². The summed E-state index contributed by atoms with van der Waals surface area (Å²) in [5.74, 6) is 0.496. The highest BCUT2D eigenvalue weighted by atomic mass is 16.1. The van der Waals surface area contributed by atoms with Crippen LogP contribution in [0.4, 0.5) is 0 Å². The van der Waals surface area contributed by atoms with Gasteiger partial charge in [0.1, 0.15) is 0 Å². The number of carbonyl (C=O) groups is 1. The molecule has 0 aromatic carbocycles. The van der Waals surface area contributed by atoms with Gasteiger partial charge < -0.3 is 5.32 Å². The lowest BCUT2D eigenvalue weighted by atomic mass is 9.72. The maximum absolute atomic E-state index is 12.7. The Kier molecular flexibility index (Phi) is 8.44. The molecule has 1 aliphatic rings. The number of rotatable bonds is 12. The lowest BCUT2D eigenvalue weighted by Crippen LogP contribution is -2.53. The summed E-state index contributed by atoms with van der Waals surface area (Å²) >= 11 is 0. The SMILES string of the molecule is CCCCCCCC(C)(CCCCC)C(=O)[C@H]1CCN1. The molecule has 0 spiro atoms. The van der Waals surface area contributed by atoms with Gasteiger partial charge in [0.15, 0.2) is 5.78 Å². The number of carbonyl (C=O) groups excluding carboxylic acids is 1. The van der Waals surface area contributed by atoms with E-state index in [9.17, 15) is 4.79 Å². The molecule has 1 N–H and O–H groups in total. The fourth-order valence-corrected chi connectivity index (χ4v) is 3.19. The maximum Gasteiger partial charge on any atom is 0.155 e. The maximum atomic E-state index is 12.7. The molecule has 0 bridgehead atoms. The van der Waals surface area contributed by atoms with E-state index in [4.69, 9.17) is 0 Å². The smallest absolute Gasteiger partial charge is 0.155 e. The van der Waals surface area contributed by atoms with Crippen LogP contribution in [0.2, 0.25) is 0 Å². The number of hydrogen-bond donors (Lipinski definition) is 1. The molecule has 20 heavy (non-hydrogen) atoms. The van der Waals surface area contributed by atoms with Crippen LogP contribution in [0.15, 0.2) is 0 Å². The minimum atomic E-state index is -0.0700. The molecule has 0 aliphatic carbocycles. The van der Waals surface area contributed by atoms with Crippen molar-refractivity contribution in [2.24, 2.45) is 5.41 Å². The van der Waals surface area contributed by atoms with Gasteiger partial charge in [-0.2, -0.15) is 0 Å². The molecule has 1 fully saturated rings. The Morgan fingerprint density at radius 1 is 1.00 bits per heavy atom. The highest BCUT2D eigenvalue weighted by molar-refractivity contribution is 5.90.